The van der Waals surface area contributed by atoms with Crippen molar-refractivity contribution in [2.45, 2.75) is 58.2 Å². The molecule has 1 heterocycles. The van der Waals surface area contributed by atoms with Gasteiger partial charge in [-0.3, -0.25) is 0 Å². The van der Waals surface area contributed by atoms with Crippen LogP contribution in [0.1, 0.15) is 45.1 Å². The molecule has 1 aromatic carbocycles. The third kappa shape index (κ3) is 5.38. The number of hydrogen-bond donors (Lipinski definition) is 2. The standard InChI is InChI=1S/C19H32N2O/c1-3-5-11-21-14-17(19(22)4-2)12-18(15-21)20-13-16-9-7-6-8-10-16/h6-10,17-20,22H,3-5,11-15H2,1-2H3. The number of benzene rings is 1. The van der Waals surface area contributed by atoms with Gasteiger partial charge in [0.05, 0.1) is 6.10 Å². The van der Waals surface area contributed by atoms with Crippen LogP contribution in [0.3, 0.4) is 0 Å². The van der Waals surface area contributed by atoms with Crippen molar-refractivity contribution in [3.05, 3.63) is 35.9 Å². The van der Waals surface area contributed by atoms with Crippen LogP contribution >= 0.6 is 0 Å². The van der Waals surface area contributed by atoms with Crippen molar-refractivity contribution < 1.29 is 5.11 Å². The molecule has 0 spiro atoms. The molecule has 1 saturated heterocycles. The van der Waals surface area contributed by atoms with Gasteiger partial charge < -0.3 is 15.3 Å². The Labute approximate surface area is 135 Å². The second-order valence-electron chi connectivity index (χ2n) is 6.65. The highest BCUT2D eigenvalue weighted by atomic mass is 16.3. The molecular weight excluding hydrogens is 272 g/mol. The van der Waals surface area contributed by atoms with Gasteiger partial charge in [0.25, 0.3) is 0 Å². The van der Waals surface area contributed by atoms with E-state index in [1.54, 1.807) is 0 Å². The molecule has 1 aromatic rings. The highest BCUT2D eigenvalue weighted by Gasteiger charge is 2.30. The molecule has 3 heteroatoms. The Kier molecular flexibility index (Phi) is 7.37. The van der Waals surface area contributed by atoms with Crippen molar-refractivity contribution >= 4 is 0 Å². The predicted octanol–water partition coefficient (Wildman–Crippen LogP) is 3.04. The van der Waals surface area contributed by atoms with Crippen LogP contribution in [0.5, 0.6) is 0 Å². The minimum absolute atomic E-state index is 0.162. The zero-order valence-electron chi connectivity index (χ0n) is 14.2. The average molecular weight is 304 g/mol. The van der Waals surface area contributed by atoms with Gasteiger partial charge in [-0.05, 0) is 37.3 Å². The Balaban J connectivity index is 1.90. The number of aliphatic hydroxyl groups is 1. The molecular formula is C19H32N2O. The van der Waals surface area contributed by atoms with Crippen molar-refractivity contribution in [2.24, 2.45) is 5.92 Å². The molecule has 1 aliphatic rings. The third-order valence-corrected chi connectivity index (χ3v) is 4.79. The summed E-state index contributed by atoms with van der Waals surface area (Å²) in [6.07, 6.45) is 4.27. The monoisotopic (exact) mass is 304 g/mol. The number of nitrogens with one attached hydrogen (secondary N) is 1. The fraction of sp³-hybridized carbons (Fsp3) is 0.684. The van der Waals surface area contributed by atoms with Crippen LogP contribution in [0.2, 0.25) is 0 Å². The van der Waals surface area contributed by atoms with E-state index in [0.29, 0.717) is 12.0 Å². The smallest absolute Gasteiger partial charge is 0.0578 e. The first-order valence-corrected chi connectivity index (χ1v) is 8.90. The maximum absolute atomic E-state index is 10.3. The summed E-state index contributed by atoms with van der Waals surface area (Å²) in [7, 11) is 0. The maximum atomic E-state index is 10.3. The van der Waals surface area contributed by atoms with Crippen molar-refractivity contribution in [1.29, 1.82) is 0 Å². The molecule has 124 valence electrons. The highest BCUT2D eigenvalue weighted by molar-refractivity contribution is 5.14. The van der Waals surface area contributed by atoms with Crippen LogP contribution in [0, 0.1) is 5.92 Å². The SMILES string of the molecule is CCCCN1CC(NCc2ccccc2)CC(C(O)CC)C1. The lowest BCUT2D eigenvalue weighted by Crippen LogP contribution is -2.51. The van der Waals surface area contributed by atoms with Crippen LogP contribution in [0.15, 0.2) is 30.3 Å². The number of nitrogens with zero attached hydrogens (tertiary/aromatic N) is 1. The molecule has 0 bridgehead atoms. The molecule has 0 aliphatic carbocycles. The van der Waals surface area contributed by atoms with E-state index in [9.17, 15) is 5.11 Å². The van der Waals surface area contributed by atoms with E-state index in [2.05, 4.69) is 54.4 Å². The van der Waals surface area contributed by atoms with Crippen molar-refractivity contribution in [3.63, 3.8) is 0 Å². The normalized spacial score (nSPS) is 24.3. The Bertz CT molecular complexity index is 409. The lowest BCUT2D eigenvalue weighted by Gasteiger charge is -2.40. The zero-order chi connectivity index (χ0) is 15.8. The summed E-state index contributed by atoms with van der Waals surface area (Å²) in [5.41, 5.74) is 1.33. The quantitative estimate of drug-likeness (QED) is 0.775. The van der Waals surface area contributed by atoms with Gasteiger partial charge >= 0.3 is 0 Å². The van der Waals surface area contributed by atoms with Gasteiger partial charge in [-0.25, -0.2) is 0 Å². The van der Waals surface area contributed by atoms with Crippen LogP contribution in [0.4, 0.5) is 0 Å². The molecule has 0 saturated carbocycles. The molecule has 1 fully saturated rings. The summed E-state index contributed by atoms with van der Waals surface area (Å²) in [5.74, 6) is 0.406. The molecule has 3 nitrogen and oxygen atoms in total. The zero-order valence-corrected chi connectivity index (χ0v) is 14.2. The van der Waals surface area contributed by atoms with Crippen molar-refractivity contribution in [3.8, 4) is 0 Å². The molecule has 2 rings (SSSR count). The molecule has 22 heavy (non-hydrogen) atoms. The fourth-order valence-corrected chi connectivity index (χ4v) is 3.41. The number of rotatable bonds is 8. The first kappa shape index (κ1) is 17.5. The summed E-state index contributed by atoms with van der Waals surface area (Å²) < 4.78 is 0. The summed E-state index contributed by atoms with van der Waals surface area (Å²) in [4.78, 5) is 2.54. The molecule has 0 amide bonds. The van der Waals surface area contributed by atoms with Gasteiger partial charge in [-0.15, -0.1) is 0 Å². The first-order chi connectivity index (χ1) is 10.7. The predicted molar refractivity (Wildman–Crippen MR) is 92.8 cm³/mol. The van der Waals surface area contributed by atoms with E-state index in [0.717, 1.165) is 39.0 Å². The topological polar surface area (TPSA) is 35.5 Å². The van der Waals surface area contributed by atoms with Crippen LogP contribution in [-0.4, -0.2) is 41.8 Å². The molecule has 3 unspecified atom stereocenters. The number of unbranched alkanes of at least 4 members (excludes halogenated alkanes) is 1. The molecule has 3 atom stereocenters. The van der Waals surface area contributed by atoms with Gasteiger partial charge in [0.1, 0.15) is 0 Å². The first-order valence-electron chi connectivity index (χ1n) is 8.90. The number of piperidine rings is 1. The van der Waals surface area contributed by atoms with E-state index >= 15 is 0 Å². The number of likely N-dealkylation sites (tertiary alicyclic amines) is 1. The van der Waals surface area contributed by atoms with E-state index in [4.69, 9.17) is 0 Å². The largest absolute Gasteiger partial charge is 0.393 e. The third-order valence-electron chi connectivity index (χ3n) is 4.79. The lowest BCUT2D eigenvalue weighted by molar-refractivity contribution is 0.0349. The summed E-state index contributed by atoms with van der Waals surface area (Å²) in [6.45, 7) is 8.57. The Morgan fingerprint density at radius 2 is 2.00 bits per heavy atom. The van der Waals surface area contributed by atoms with E-state index < -0.39 is 0 Å². The second kappa shape index (κ2) is 9.29. The van der Waals surface area contributed by atoms with Crippen molar-refractivity contribution in [2.75, 3.05) is 19.6 Å². The Morgan fingerprint density at radius 3 is 2.68 bits per heavy atom. The van der Waals surface area contributed by atoms with Gasteiger partial charge in [-0.1, -0.05) is 50.6 Å². The minimum Gasteiger partial charge on any atom is -0.393 e. The highest BCUT2D eigenvalue weighted by Crippen LogP contribution is 2.22. The number of hydrogen-bond acceptors (Lipinski definition) is 3. The van der Waals surface area contributed by atoms with Gasteiger partial charge in [0.15, 0.2) is 0 Å². The number of aliphatic hydroxyl groups excluding tert-OH is 1. The molecule has 0 aromatic heterocycles. The van der Waals surface area contributed by atoms with Crippen LogP contribution in [-0.2, 0) is 6.54 Å². The summed E-state index contributed by atoms with van der Waals surface area (Å²) >= 11 is 0. The van der Waals surface area contributed by atoms with Gasteiger partial charge in [0, 0.05) is 25.7 Å². The molecule has 2 N–H and O–H groups in total. The summed E-state index contributed by atoms with van der Waals surface area (Å²) in [6, 6.07) is 11.1. The molecule has 0 radical (unpaired) electrons. The van der Waals surface area contributed by atoms with E-state index in [1.807, 2.05) is 0 Å². The van der Waals surface area contributed by atoms with Crippen LogP contribution < -0.4 is 5.32 Å². The maximum Gasteiger partial charge on any atom is 0.0578 e. The Morgan fingerprint density at radius 1 is 1.23 bits per heavy atom. The van der Waals surface area contributed by atoms with Gasteiger partial charge in [-0.2, -0.15) is 0 Å². The van der Waals surface area contributed by atoms with E-state index in [-0.39, 0.29) is 6.10 Å². The lowest BCUT2D eigenvalue weighted by atomic mass is 9.88. The average Bonchev–Trinajstić information content (AvgIpc) is 2.58. The van der Waals surface area contributed by atoms with Gasteiger partial charge in [0.2, 0.25) is 0 Å². The summed E-state index contributed by atoms with van der Waals surface area (Å²) in [5, 5.41) is 14.0. The minimum atomic E-state index is -0.162. The van der Waals surface area contributed by atoms with E-state index in [1.165, 1.54) is 18.4 Å². The Hall–Kier alpha value is -0.900. The second-order valence-corrected chi connectivity index (χ2v) is 6.65. The van der Waals surface area contributed by atoms with Crippen molar-refractivity contribution in [1.82, 2.24) is 10.2 Å². The van der Waals surface area contributed by atoms with Crippen LogP contribution in [0.25, 0.3) is 0 Å². The molecule has 1 aliphatic heterocycles. The fourth-order valence-electron chi connectivity index (χ4n) is 3.41.